The van der Waals surface area contributed by atoms with Crippen molar-refractivity contribution in [2.75, 3.05) is 11.9 Å². The summed E-state index contributed by atoms with van der Waals surface area (Å²) in [5, 5.41) is 16.3. The molecule has 1 aromatic carbocycles. The molecule has 0 aliphatic heterocycles. The summed E-state index contributed by atoms with van der Waals surface area (Å²) in [7, 11) is 0. The Labute approximate surface area is 106 Å². The van der Waals surface area contributed by atoms with Gasteiger partial charge in [-0.1, -0.05) is 19.9 Å². The van der Waals surface area contributed by atoms with E-state index in [1.54, 1.807) is 13.0 Å². The van der Waals surface area contributed by atoms with E-state index >= 15 is 0 Å². The molecule has 1 aromatic rings. The number of amides is 1. The van der Waals surface area contributed by atoms with Gasteiger partial charge in [-0.05, 0) is 12.5 Å². The molecule has 18 heavy (non-hydrogen) atoms. The molecule has 2 N–H and O–H groups in total. The molecule has 98 valence electrons. The fourth-order valence-electron chi connectivity index (χ4n) is 1.35. The van der Waals surface area contributed by atoms with Crippen LogP contribution in [0.3, 0.4) is 0 Å². The molecule has 0 saturated carbocycles. The van der Waals surface area contributed by atoms with Crippen molar-refractivity contribution in [3.8, 4) is 0 Å². The third-order valence-corrected chi connectivity index (χ3v) is 2.38. The van der Waals surface area contributed by atoms with Gasteiger partial charge < -0.3 is 10.6 Å². The molecule has 0 fully saturated rings. The average Bonchev–Trinajstić information content (AvgIpc) is 2.29. The summed E-state index contributed by atoms with van der Waals surface area (Å²) in [6, 6.07) is 4.60. The van der Waals surface area contributed by atoms with Crippen LogP contribution in [0.5, 0.6) is 0 Å². The third-order valence-electron chi connectivity index (χ3n) is 2.38. The molecular formula is C12H17N3O3. The minimum absolute atomic E-state index is 0.0345. The Hall–Kier alpha value is -1.95. The quantitative estimate of drug-likeness (QED) is 0.617. The Balaban J connectivity index is 2.74. The van der Waals surface area contributed by atoms with Crippen molar-refractivity contribution in [2.45, 2.75) is 26.8 Å². The number of aryl methyl sites for hydroxylation is 1. The normalized spacial score (nSPS) is 10.4. The first-order valence-electron chi connectivity index (χ1n) is 5.68. The van der Waals surface area contributed by atoms with Gasteiger partial charge in [-0.25, -0.2) is 0 Å². The number of benzene rings is 1. The highest BCUT2D eigenvalue weighted by Crippen LogP contribution is 2.21. The molecule has 0 atom stereocenters. The SMILES string of the molecule is Cc1ccc([N+](=O)[O-])cc1NC(=O)CNC(C)C. The number of hydrogen-bond acceptors (Lipinski definition) is 4. The van der Waals surface area contributed by atoms with Crippen LogP contribution in [0.4, 0.5) is 11.4 Å². The lowest BCUT2D eigenvalue weighted by Crippen LogP contribution is -2.32. The number of nitrogens with one attached hydrogen (secondary N) is 2. The molecular weight excluding hydrogens is 234 g/mol. The van der Waals surface area contributed by atoms with Crippen LogP contribution < -0.4 is 10.6 Å². The molecule has 0 spiro atoms. The molecule has 6 nitrogen and oxygen atoms in total. The lowest BCUT2D eigenvalue weighted by atomic mass is 10.2. The van der Waals surface area contributed by atoms with Crippen LogP contribution in [0.25, 0.3) is 0 Å². The van der Waals surface area contributed by atoms with Crippen LogP contribution in [0.2, 0.25) is 0 Å². The van der Waals surface area contributed by atoms with E-state index in [9.17, 15) is 14.9 Å². The first-order chi connectivity index (χ1) is 8.40. The van der Waals surface area contributed by atoms with Crippen molar-refractivity contribution in [1.82, 2.24) is 5.32 Å². The monoisotopic (exact) mass is 251 g/mol. The molecule has 0 radical (unpaired) electrons. The fraction of sp³-hybridized carbons (Fsp3) is 0.417. The standard InChI is InChI=1S/C12H17N3O3/c1-8(2)13-7-12(16)14-11-6-10(15(17)18)5-4-9(11)3/h4-6,8,13H,7H2,1-3H3,(H,14,16). The van der Waals surface area contributed by atoms with Crippen molar-refractivity contribution >= 4 is 17.3 Å². The summed E-state index contributed by atoms with van der Waals surface area (Å²) in [4.78, 5) is 21.8. The number of nitro benzene ring substituents is 1. The molecule has 0 aliphatic rings. The maximum absolute atomic E-state index is 11.6. The van der Waals surface area contributed by atoms with Gasteiger partial charge in [0, 0.05) is 18.2 Å². The fourth-order valence-corrected chi connectivity index (χ4v) is 1.35. The highest BCUT2D eigenvalue weighted by atomic mass is 16.6. The molecule has 0 aromatic heterocycles. The molecule has 0 saturated heterocycles. The maximum Gasteiger partial charge on any atom is 0.271 e. The molecule has 6 heteroatoms. The molecule has 0 aliphatic carbocycles. The van der Waals surface area contributed by atoms with Gasteiger partial charge >= 0.3 is 0 Å². The van der Waals surface area contributed by atoms with E-state index in [4.69, 9.17) is 0 Å². The topological polar surface area (TPSA) is 84.3 Å². The number of non-ortho nitro benzene ring substituents is 1. The highest BCUT2D eigenvalue weighted by molar-refractivity contribution is 5.93. The van der Waals surface area contributed by atoms with Crippen LogP contribution in [0, 0.1) is 17.0 Å². The Kier molecular flexibility index (Phi) is 4.79. The molecule has 1 amide bonds. The van der Waals surface area contributed by atoms with Crippen LogP contribution in [0.15, 0.2) is 18.2 Å². The van der Waals surface area contributed by atoms with Crippen LogP contribution >= 0.6 is 0 Å². The second-order valence-corrected chi connectivity index (χ2v) is 4.34. The number of nitro groups is 1. The number of carbonyl (C=O) groups is 1. The van der Waals surface area contributed by atoms with E-state index < -0.39 is 4.92 Å². The van der Waals surface area contributed by atoms with E-state index in [2.05, 4.69) is 10.6 Å². The summed E-state index contributed by atoms with van der Waals surface area (Å²) in [6.45, 7) is 5.84. The van der Waals surface area contributed by atoms with Crippen molar-refractivity contribution in [2.24, 2.45) is 0 Å². The van der Waals surface area contributed by atoms with Gasteiger partial charge in [-0.15, -0.1) is 0 Å². The lowest BCUT2D eigenvalue weighted by molar-refractivity contribution is -0.384. The summed E-state index contributed by atoms with van der Waals surface area (Å²) < 4.78 is 0. The van der Waals surface area contributed by atoms with E-state index in [0.717, 1.165) is 5.56 Å². The van der Waals surface area contributed by atoms with Gasteiger partial charge in [-0.3, -0.25) is 14.9 Å². The number of carbonyl (C=O) groups excluding carboxylic acids is 1. The number of nitrogens with zero attached hydrogens (tertiary/aromatic N) is 1. The van der Waals surface area contributed by atoms with Gasteiger partial charge in [0.1, 0.15) is 0 Å². The maximum atomic E-state index is 11.6. The van der Waals surface area contributed by atoms with Crippen LogP contribution in [-0.2, 0) is 4.79 Å². The number of hydrogen-bond donors (Lipinski definition) is 2. The summed E-state index contributed by atoms with van der Waals surface area (Å²) in [6.07, 6.45) is 0. The van der Waals surface area contributed by atoms with Gasteiger partial charge in [0.2, 0.25) is 5.91 Å². The molecule has 0 heterocycles. The zero-order valence-electron chi connectivity index (χ0n) is 10.7. The number of anilines is 1. The Morgan fingerprint density at radius 1 is 1.44 bits per heavy atom. The van der Waals surface area contributed by atoms with Crippen LogP contribution in [-0.4, -0.2) is 23.4 Å². The van der Waals surface area contributed by atoms with Crippen molar-refractivity contribution in [3.05, 3.63) is 33.9 Å². The first kappa shape index (κ1) is 14.1. The predicted molar refractivity (Wildman–Crippen MR) is 69.6 cm³/mol. The van der Waals surface area contributed by atoms with Crippen molar-refractivity contribution < 1.29 is 9.72 Å². The second-order valence-electron chi connectivity index (χ2n) is 4.34. The van der Waals surface area contributed by atoms with E-state index in [-0.39, 0.29) is 24.2 Å². The molecule has 0 unspecified atom stereocenters. The zero-order valence-corrected chi connectivity index (χ0v) is 10.7. The van der Waals surface area contributed by atoms with Gasteiger partial charge in [0.05, 0.1) is 17.2 Å². The van der Waals surface area contributed by atoms with E-state index in [1.165, 1.54) is 12.1 Å². The summed E-state index contributed by atoms with van der Waals surface area (Å²) in [5.41, 5.74) is 1.23. The summed E-state index contributed by atoms with van der Waals surface area (Å²) >= 11 is 0. The molecule has 0 bridgehead atoms. The predicted octanol–water partition coefficient (Wildman–Crippen LogP) is 1.84. The minimum Gasteiger partial charge on any atom is -0.324 e. The first-order valence-corrected chi connectivity index (χ1v) is 5.68. The Bertz CT molecular complexity index is 458. The average molecular weight is 251 g/mol. The minimum atomic E-state index is -0.485. The highest BCUT2D eigenvalue weighted by Gasteiger charge is 2.11. The largest absolute Gasteiger partial charge is 0.324 e. The Morgan fingerprint density at radius 3 is 2.67 bits per heavy atom. The zero-order chi connectivity index (χ0) is 13.7. The van der Waals surface area contributed by atoms with E-state index in [1.807, 2.05) is 13.8 Å². The summed E-state index contributed by atoms with van der Waals surface area (Å²) in [5.74, 6) is -0.215. The number of rotatable bonds is 5. The van der Waals surface area contributed by atoms with Gasteiger partial charge in [0.15, 0.2) is 0 Å². The van der Waals surface area contributed by atoms with Crippen LogP contribution in [0.1, 0.15) is 19.4 Å². The van der Waals surface area contributed by atoms with Crippen molar-refractivity contribution in [3.63, 3.8) is 0 Å². The Morgan fingerprint density at radius 2 is 2.11 bits per heavy atom. The van der Waals surface area contributed by atoms with Crippen molar-refractivity contribution in [1.29, 1.82) is 0 Å². The second kappa shape index (κ2) is 6.11. The van der Waals surface area contributed by atoms with E-state index in [0.29, 0.717) is 5.69 Å². The van der Waals surface area contributed by atoms with Gasteiger partial charge in [0.25, 0.3) is 5.69 Å². The smallest absolute Gasteiger partial charge is 0.271 e. The lowest BCUT2D eigenvalue weighted by Gasteiger charge is -2.10. The van der Waals surface area contributed by atoms with Gasteiger partial charge in [-0.2, -0.15) is 0 Å². The third kappa shape index (κ3) is 4.14. The molecule has 1 rings (SSSR count).